The van der Waals surface area contributed by atoms with E-state index in [1.165, 1.54) is 36.8 Å². The molecule has 1 aromatic carbocycles. The maximum Gasteiger partial charge on any atom is 0.225 e. The second-order valence-electron chi connectivity index (χ2n) is 6.90. The average molecular weight is 387 g/mol. The van der Waals surface area contributed by atoms with Gasteiger partial charge in [0, 0.05) is 35.4 Å². The van der Waals surface area contributed by atoms with Crippen LogP contribution in [0.2, 0.25) is 0 Å². The number of nitrogens with one attached hydrogen (secondary N) is 1. The third-order valence-electron chi connectivity index (χ3n) is 5.03. The van der Waals surface area contributed by atoms with E-state index in [2.05, 4.69) is 62.3 Å². The molecule has 5 heteroatoms. The van der Waals surface area contributed by atoms with Crippen molar-refractivity contribution in [3.05, 3.63) is 45.6 Å². The molecule has 4 rings (SSSR count). The molecular weight excluding hydrogens is 364 g/mol. The highest BCUT2D eigenvalue weighted by Crippen LogP contribution is 2.27. The molecule has 126 valence electrons. The van der Waals surface area contributed by atoms with Gasteiger partial charge in [0.15, 0.2) is 0 Å². The van der Waals surface area contributed by atoms with Crippen molar-refractivity contribution in [2.75, 3.05) is 16.8 Å². The van der Waals surface area contributed by atoms with Gasteiger partial charge in [-0.2, -0.15) is 4.98 Å². The summed E-state index contributed by atoms with van der Waals surface area (Å²) in [5.41, 5.74) is 3.86. The molecule has 1 N–H and O–H groups in total. The molecular formula is C19H23BrN4. The predicted octanol–water partition coefficient (Wildman–Crippen LogP) is 4.46. The van der Waals surface area contributed by atoms with Crippen LogP contribution < -0.4 is 10.2 Å². The second kappa shape index (κ2) is 6.71. The Morgan fingerprint density at radius 1 is 1.12 bits per heavy atom. The second-order valence-corrected chi connectivity index (χ2v) is 7.82. The van der Waals surface area contributed by atoms with Crippen molar-refractivity contribution in [2.24, 2.45) is 0 Å². The van der Waals surface area contributed by atoms with Crippen LogP contribution in [0.25, 0.3) is 0 Å². The van der Waals surface area contributed by atoms with E-state index in [0.29, 0.717) is 6.04 Å². The van der Waals surface area contributed by atoms with E-state index < -0.39 is 0 Å². The van der Waals surface area contributed by atoms with Crippen molar-refractivity contribution in [3.8, 4) is 0 Å². The number of benzene rings is 1. The number of fused-ring (bicyclic) bond motifs is 1. The molecule has 0 spiro atoms. The summed E-state index contributed by atoms with van der Waals surface area (Å²) < 4.78 is 1.14. The van der Waals surface area contributed by atoms with Gasteiger partial charge in [-0.25, -0.2) is 4.98 Å². The molecule has 24 heavy (non-hydrogen) atoms. The minimum atomic E-state index is 0.540. The minimum absolute atomic E-state index is 0.540. The summed E-state index contributed by atoms with van der Waals surface area (Å²) in [6, 6.07) is 9.23. The Hall–Kier alpha value is -1.62. The number of anilines is 2. The Kier molecular flexibility index (Phi) is 4.44. The number of nitrogens with zero attached hydrogens (tertiary/aromatic N) is 3. The highest BCUT2D eigenvalue weighted by molar-refractivity contribution is 9.10. The highest BCUT2D eigenvalue weighted by Gasteiger charge is 2.20. The van der Waals surface area contributed by atoms with Crippen LogP contribution in [0.15, 0.2) is 28.7 Å². The van der Waals surface area contributed by atoms with Gasteiger partial charge in [0.05, 0.1) is 0 Å². The third-order valence-corrected chi connectivity index (χ3v) is 5.53. The Labute approximate surface area is 151 Å². The molecule has 0 radical (unpaired) electrons. The normalized spacial score (nSPS) is 17.8. The molecule has 1 fully saturated rings. The summed E-state index contributed by atoms with van der Waals surface area (Å²) in [5.74, 6) is 1.82. The summed E-state index contributed by atoms with van der Waals surface area (Å²) in [4.78, 5) is 11.8. The van der Waals surface area contributed by atoms with Crippen LogP contribution in [0.3, 0.4) is 0 Å². The molecule has 0 saturated heterocycles. The summed E-state index contributed by atoms with van der Waals surface area (Å²) in [5, 5.41) is 3.53. The third kappa shape index (κ3) is 3.41. The van der Waals surface area contributed by atoms with Crippen LogP contribution in [-0.4, -0.2) is 22.6 Å². The molecule has 2 aromatic rings. The Morgan fingerprint density at radius 3 is 2.79 bits per heavy atom. The summed E-state index contributed by atoms with van der Waals surface area (Å²) in [6.45, 7) is 3.97. The van der Waals surface area contributed by atoms with E-state index in [1.54, 1.807) is 0 Å². The van der Waals surface area contributed by atoms with Gasteiger partial charge in [-0.15, -0.1) is 0 Å². The molecule has 4 nitrogen and oxygen atoms in total. The van der Waals surface area contributed by atoms with Crippen molar-refractivity contribution in [1.82, 2.24) is 9.97 Å². The zero-order chi connectivity index (χ0) is 16.5. The van der Waals surface area contributed by atoms with Crippen molar-refractivity contribution < 1.29 is 0 Å². The average Bonchev–Trinajstić information content (AvgIpc) is 3.06. The first-order valence-electron chi connectivity index (χ1n) is 8.82. The van der Waals surface area contributed by atoms with Crippen molar-refractivity contribution in [2.45, 2.75) is 51.6 Å². The standard InChI is InChI=1S/C19H23BrN4/c1-13-10-18(23-19(21-13)22-17-4-2-3-5-17)24-9-8-14-6-7-16(20)11-15(14)12-24/h6-7,10-11,17H,2-5,8-9,12H2,1H3,(H,21,22,23). The Morgan fingerprint density at radius 2 is 1.96 bits per heavy atom. The lowest BCUT2D eigenvalue weighted by Crippen LogP contribution is -2.31. The lowest BCUT2D eigenvalue weighted by molar-refractivity contribution is 0.711. The molecule has 0 atom stereocenters. The van der Waals surface area contributed by atoms with Gasteiger partial charge in [-0.1, -0.05) is 34.8 Å². The van der Waals surface area contributed by atoms with Gasteiger partial charge < -0.3 is 10.2 Å². The SMILES string of the molecule is Cc1cc(N2CCc3ccc(Br)cc3C2)nc(NC2CCCC2)n1. The molecule has 0 unspecified atom stereocenters. The first-order valence-corrected chi connectivity index (χ1v) is 9.61. The van der Waals surface area contributed by atoms with Gasteiger partial charge >= 0.3 is 0 Å². The monoisotopic (exact) mass is 386 g/mol. The largest absolute Gasteiger partial charge is 0.352 e. The van der Waals surface area contributed by atoms with Crippen LogP contribution in [0.5, 0.6) is 0 Å². The molecule has 2 heterocycles. The van der Waals surface area contributed by atoms with Crippen molar-refractivity contribution >= 4 is 27.7 Å². The first kappa shape index (κ1) is 15.9. The van der Waals surface area contributed by atoms with Crippen molar-refractivity contribution in [3.63, 3.8) is 0 Å². The highest BCUT2D eigenvalue weighted by atomic mass is 79.9. The van der Waals surface area contributed by atoms with E-state index in [1.807, 2.05) is 0 Å². The van der Waals surface area contributed by atoms with Gasteiger partial charge in [0.2, 0.25) is 5.95 Å². The van der Waals surface area contributed by atoms with E-state index in [9.17, 15) is 0 Å². The van der Waals surface area contributed by atoms with E-state index >= 15 is 0 Å². The van der Waals surface area contributed by atoms with Gasteiger partial charge in [0.25, 0.3) is 0 Å². The summed E-state index contributed by atoms with van der Waals surface area (Å²) in [6.07, 6.45) is 6.16. The van der Waals surface area contributed by atoms with E-state index in [0.717, 1.165) is 41.4 Å². The summed E-state index contributed by atoms with van der Waals surface area (Å²) >= 11 is 3.58. The topological polar surface area (TPSA) is 41.1 Å². The predicted molar refractivity (Wildman–Crippen MR) is 102 cm³/mol. The van der Waals surface area contributed by atoms with Gasteiger partial charge in [-0.05, 0) is 49.4 Å². The molecule has 1 aliphatic carbocycles. The zero-order valence-corrected chi connectivity index (χ0v) is 15.6. The maximum atomic E-state index is 4.81. The van der Waals surface area contributed by atoms with Gasteiger partial charge in [0.1, 0.15) is 5.82 Å². The number of hydrogen-bond acceptors (Lipinski definition) is 4. The van der Waals surface area contributed by atoms with E-state index in [4.69, 9.17) is 4.98 Å². The Bertz CT molecular complexity index is 740. The van der Waals surface area contributed by atoms with Crippen LogP contribution in [-0.2, 0) is 13.0 Å². The molecule has 1 aromatic heterocycles. The first-order chi connectivity index (χ1) is 11.7. The lowest BCUT2D eigenvalue weighted by Gasteiger charge is -2.30. The van der Waals surface area contributed by atoms with Crippen LogP contribution >= 0.6 is 15.9 Å². The number of aromatic nitrogens is 2. The maximum absolute atomic E-state index is 4.81. The number of hydrogen-bond donors (Lipinski definition) is 1. The number of rotatable bonds is 3. The molecule has 0 bridgehead atoms. The van der Waals surface area contributed by atoms with E-state index in [-0.39, 0.29) is 0 Å². The quantitative estimate of drug-likeness (QED) is 0.844. The molecule has 0 amide bonds. The van der Waals surface area contributed by atoms with Crippen molar-refractivity contribution in [1.29, 1.82) is 0 Å². The fraction of sp³-hybridized carbons (Fsp3) is 0.474. The van der Waals surface area contributed by atoms with Gasteiger partial charge in [-0.3, -0.25) is 0 Å². The molecule has 2 aliphatic rings. The summed E-state index contributed by atoms with van der Waals surface area (Å²) in [7, 11) is 0. The van der Waals surface area contributed by atoms with Crippen LogP contribution in [0.4, 0.5) is 11.8 Å². The minimum Gasteiger partial charge on any atom is -0.352 e. The fourth-order valence-electron chi connectivity index (χ4n) is 3.75. The lowest BCUT2D eigenvalue weighted by atomic mass is 10.00. The fourth-order valence-corrected chi connectivity index (χ4v) is 4.16. The number of halogens is 1. The molecule has 1 saturated carbocycles. The smallest absolute Gasteiger partial charge is 0.225 e. The van der Waals surface area contributed by atoms with Crippen LogP contribution in [0, 0.1) is 6.92 Å². The Balaban J connectivity index is 1.56. The number of aryl methyl sites for hydroxylation is 1. The zero-order valence-electron chi connectivity index (χ0n) is 14.1. The van der Waals surface area contributed by atoms with Crippen LogP contribution in [0.1, 0.15) is 42.5 Å². The molecule has 1 aliphatic heterocycles.